The van der Waals surface area contributed by atoms with E-state index in [9.17, 15) is 0 Å². The normalized spacial score (nSPS) is 11.8. The Hall–Kier alpha value is -2.16. The highest BCUT2D eigenvalue weighted by atomic mass is 16.5. The van der Waals surface area contributed by atoms with Crippen LogP contribution in [0, 0.1) is 6.92 Å². The van der Waals surface area contributed by atoms with Gasteiger partial charge in [-0.05, 0) is 56.2 Å². The number of aryl methyl sites for hydroxylation is 1. The molecule has 3 heteroatoms. The molecule has 2 aromatic carbocycles. The van der Waals surface area contributed by atoms with Gasteiger partial charge in [0.05, 0.1) is 12.8 Å². The van der Waals surface area contributed by atoms with Crippen molar-refractivity contribution in [3.63, 3.8) is 0 Å². The van der Waals surface area contributed by atoms with Gasteiger partial charge in [-0.1, -0.05) is 19.1 Å². The molecule has 0 heterocycles. The summed E-state index contributed by atoms with van der Waals surface area (Å²) in [5.41, 5.74) is 4.43. The zero-order valence-corrected chi connectivity index (χ0v) is 13.2. The maximum atomic E-state index is 5.37. The number of para-hydroxylation sites is 2. The fraction of sp³-hybridized carbons (Fsp3) is 0.333. The molecule has 0 saturated carbocycles. The van der Waals surface area contributed by atoms with Crippen molar-refractivity contribution in [2.75, 3.05) is 17.7 Å². The molecule has 2 N–H and O–H groups in total. The van der Waals surface area contributed by atoms with Gasteiger partial charge in [0.2, 0.25) is 0 Å². The quantitative estimate of drug-likeness (QED) is 0.786. The molecular formula is C18H24N2O. The van der Waals surface area contributed by atoms with Crippen LogP contribution in [0.4, 0.5) is 17.1 Å². The molecule has 0 aromatic heterocycles. The predicted molar refractivity (Wildman–Crippen MR) is 90.8 cm³/mol. The first-order valence-corrected chi connectivity index (χ1v) is 7.41. The van der Waals surface area contributed by atoms with Gasteiger partial charge < -0.3 is 15.4 Å². The van der Waals surface area contributed by atoms with Crippen molar-refractivity contribution < 1.29 is 4.74 Å². The van der Waals surface area contributed by atoms with E-state index in [1.165, 1.54) is 5.56 Å². The monoisotopic (exact) mass is 284 g/mol. The predicted octanol–water partition coefficient (Wildman–Crippen LogP) is 4.96. The Balaban J connectivity index is 2.17. The summed E-state index contributed by atoms with van der Waals surface area (Å²) in [6.45, 7) is 6.48. The summed E-state index contributed by atoms with van der Waals surface area (Å²) in [5.74, 6) is 0.846. The molecule has 21 heavy (non-hydrogen) atoms. The summed E-state index contributed by atoms with van der Waals surface area (Å²) in [5, 5.41) is 6.93. The number of hydrogen-bond acceptors (Lipinski definition) is 3. The van der Waals surface area contributed by atoms with E-state index in [0.717, 1.165) is 29.2 Å². The second-order valence-electron chi connectivity index (χ2n) is 5.31. The average molecular weight is 284 g/mol. The number of methoxy groups -OCH3 is 1. The summed E-state index contributed by atoms with van der Waals surface area (Å²) in [4.78, 5) is 0. The van der Waals surface area contributed by atoms with Gasteiger partial charge in [-0.15, -0.1) is 0 Å². The van der Waals surface area contributed by atoms with E-state index < -0.39 is 0 Å². The Morgan fingerprint density at radius 3 is 2.52 bits per heavy atom. The van der Waals surface area contributed by atoms with E-state index >= 15 is 0 Å². The highest BCUT2D eigenvalue weighted by molar-refractivity contribution is 5.70. The van der Waals surface area contributed by atoms with Gasteiger partial charge >= 0.3 is 0 Å². The van der Waals surface area contributed by atoms with E-state index in [2.05, 4.69) is 49.6 Å². The third kappa shape index (κ3) is 3.91. The molecule has 0 bridgehead atoms. The topological polar surface area (TPSA) is 33.3 Å². The first-order valence-electron chi connectivity index (χ1n) is 7.41. The van der Waals surface area contributed by atoms with Gasteiger partial charge in [-0.25, -0.2) is 0 Å². The zero-order valence-electron chi connectivity index (χ0n) is 13.2. The minimum absolute atomic E-state index is 0.484. The highest BCUT2D eigenvalue weighted by Crippen LogP contribution is 2.29. The third-order valence-corrected chi connectivity index (χ3v) is 3.63. The van der Waals surface area contributed by atoms with Crippen LogP contribution in [0.15, 0.2) is 42.5 Å². The largest absolute Gasteiger partial charge is 0.495 e. The van der Waals surface area contributed by atoms with Crippen LogP contribution in [0.3, 0.4) is 0 Å². The lowest BCUT2D eigenvalue weighted by molar-refractivity contribution is 0.417. The summed E-state index contributed by atoms with van der Waals surface area (Å²) < 4.78 is 5.37. The molecule has 3 nitrogen and oxygen atoms in total. The molecule has 0 aliphatic rings. The van der Waals surface area contributed by atoms with Gasteiger partial charge in [0.25, 0.3) is 0 Å². The molecular weight excluding hydrogens is 260 g/mol. The molecule has 0 aliphatic heterocycles. The lowest BCUT2D eigenvalue weighted by Gasteiger charge is -2.16. The molecule has 112 valence electrons. The van der Waals surface area contributed by atoms with Crippen LogP contribution in [-0.4, -0.2) is 13.2 Å². The SMILES string of the molecule is CCC(C)Nc1ccc(Nc2ccccc2OC)c(C)c1. The summed E-state index contributed by atoms with van der Waals surface area (Å²) >= 11 is 0. The molecule has 0 spiro atoms. The number of rotatable bonds is 6. The number of benzene rings is 2. The van der Waals surface area contributed by atoms with Crippen molar-refractivity contribution in [2.45, 2.75) is 33.2 Å². The molecule has 2 rings (SSSR count). The summed E-state index contributed by atoms with van der Waals surface area (Å²) in [6.07, 6.45) is 1.11. The van der Waals surface area contributed by atoms with E-state index in [4.69, 9.17) is 4.74 Å². The summed E-state index contributed by atoms with van der Waals surface area (Å²) in [6, 6.07) is 14.8. The molecule has 0 radical (unpaired) electrons. The van der Waals surface area contributed by atoms with Crippen LogP contribution in [0.1, 0.15) is 25.8 Å². The maximum Gasteiger partial charge on any atom is 0.142 e. The number of ether oxygens (including phenoxy) is 1. The molecule has 0 amide bonds. The molecule has 1 atom stereocenters. The lowest BCUT2D eigenvalue weighted by atomic mass is 10.1. The van der Waals surface area contributed by atoms with Gasteiger partial charge in [-0.3, -0.25) is 0 Å². The minimum atomic E-state index is 0.484. The summed E-state index contributed by atoms with van der Waals surface area (Å²) in [7, 11) is 1.69. The van der Waals surface area contributed by atoms with Crippen LogP contribution in [0.5, 0.6) is 5.75 Å². The standard InChI is InChI=1S/C18H24N2O/c1-5-14(3)19-15-10-11-16(13(2)12-15)20-17-8-6-7-9-18(17)21-4/h6-12,14,19-20H,5H2,1-4H3. The fourth-order valence-electron chi connectivity index (χ4n) is 2.17. The average Bonchev–Trinajstić information content (AvgIpc) is 2.50. The van der Waals surface area contributed by atoms with Gasteiger partial charge in [-0.2, -0.15) is 0 Å². The Morgan fingerprint density at radius 1 is 1.10 bits per heavy atom. The van der Waals surface area contributed by atoms with E-state index in [1.807, 2.05) is 24.3 Å². The van der Waals surface area contributed by atoms with Gasteiger partial charge in [0, 0.05) is 17.4 Å². The third-order valence-electron chi connectivity index (χ3n) is 3.63. The first-order chi connectivity index (χ1) is 10.1. The van der Waals surface area contributed by atoms with Crippen molar-refractivity contribution >= 4 is 17.1 Å². The fourth-order valence-corrected chi connectivity index (χ4v) is 2.17. The van der Waals surface area contributed by atoms with Crippen LogP contribution in [0.2, 0.25) is 0 Å². The van der Waals surface area contributed by atoms with E-state index in [0.29, 0.717) is 6.04 Å². The number of hydrogen-bond donors (Lipinski definition) is 2. The second kappa shape index (κ2) is 7.02. The Labute approximate surface area is 127 Å². The Bertz CT molecular complexity index is 596. The minimum Gasteiger partial charge on any atom is -0.495 e. The Morgan fingerprint density at radius 2 is 1.86 bits per heavy atom. The van der Waals surface area contributed by atoms with Crippen LogP contribution in [-0.2, 0) is 0 Å². The van der Waals surface area contributed by atoms with Crippen LogP contribution in [0.25, 0.3) is 0 Å². The smallest absolute Gasteiger partial charge is 0.142 e. The molecule has 1 unspecified atom stereocenters. The molecule has 0 saturated heterocycles. The lowest BCUT2D eigenvalue weighted by Crippen LogP contribution is -2.13. The molecule has 0 aliphatic carbocycles. The molecule has 0 fully saturated rings. The zero-order chi connectivity index (χ0) is 15.2. The Kier molecular flexibility index (Phi) is 5.09. The van der Waals surface area contributed by atoms with Crippen molar-refractivity contribution in [3.05, 3.63) is 48.0 Å². The van der Waals surface area contributed by atoms with Crippen molar-refractivity contribution in [3.8, 4) is 5.75 Å². The van der Waals surface area contributed by atoms with Crippen molar-refractivity contribution in [1.82, 2.24) is 0 Å². The van der Waals surface area contributed by atoms with Crippen molar-refractivity contribution in [1.29, 1.82) is 0 Å². The number of nitrogens with one attached hydrogen (secondary N) is 2. The first kappa shape index (κ1) is 15.2. The van der Waals surface area contributed by atoms with Gasteiger partial charge in [0.1, 0.15) is 5.75 Å². The van der Waals surface area contributed by atoms with Crippen LogP contribution < -0.4 is 15.4 Å². The second-order valence-corrected chi connectivity index (χ2v) is 5.31. The highest BCUT2D eigenvalue weighted by Gasteiger charge is 2.06. The van der Waals surface area contributed by atoms with Gasteiger partial charge in [0.15, 0.2) is 0 Å². The van der Waals surface area contributed by atoms with Crippen molar-refractivity contribution in [2.24, 2.45) is 0 Å². The maximum absolute atomic E-state index is 5.37. The molecule has 2 aromatic rings. The van der Waals surface area contributed by atoms with Crippen LogP contribution >= 0.6 is 0 Å². The van der Waals surface area contributed by atoms with E-state index in [-0.39, 0.29) is 0 Å². The number of anilines is 3. The van der Waals surface area contributed by atoms with E-state index in [1.54, 1.807) is 7.11 Å².